The van der Waals surface area contributed by atoms with E-state index in [2.05, 4.69) is 36.1 Å². The number of aromatic nitrogens is 1. The standard InChI is InChI=1S/C19H24N4O/c1-14-15(2)23(12-11-22(14)3)19(24)21-17-9-10-20-18(13-17)16-7-5-4-6-8-16/h4-10,13-15H,11-12H2,1-3H3,(H,20,21,24). The first-order chi connectivity index (χ1) is 11.6. The first kappa shape index (κ1) is 16.5. The smallest absolute Gasteiger partial charge is 0.319 e. The molecule has 0 bridgehead atoms. The van der Waals surface area contributed by atoms with Gasteiger partial charge in [-0.15, -0.1) is 0 Å². The maximum atomic E-state index is 12.7. The molecule has 1 aromatic heterocycles. The molecule has 2 amide bonds. The highest BCUT2D eigenvalue weighted by molar-refractivity contribution is 5.90. The summed E-state index contributed by atoms with van der Waals surface area (Å²) in [6.07, 6.45) is 1.73. The van der Waals surface area contributed by atoms with E-state index >= 15 is 0 Å². The van der Waals surface area contributed by atoms with E-state index in [1.54, 1.807) is 6.20 Å². The summed E-state index contributed by atoms with van der Waals surface area (Å²) in [5.74, 6) is 0. The third-order valence-corrected chi connectivity index (χ3v) is 4.92. The van der Waals surface area contributed by atoms with Crippen molar-refractivity contribution >= 4 is 11.7 Å². The number of pyridine rings is 1. The Hall–Kier alpha value is -2.40. The minimum Gasteiger partial charge on any atom is -0.319 e. The number of rotatable bonds is 2. The van der Waals surface area contributed by atoms with Crippen LogP contribution in [0, 0.1) is 0 Å². The molecule has 2 heterocycles. The highest BCUT2D eigenvalue weighted by Gasteiger charge is 2.31. The average Bonchev–Trinajstić information content (AvgIpc) is 2.60. The van der Waals surface area contributed by atoms with E-state index in [1.807, 2.05) is 47.4 Å². The van der Waals surface area contributed by atoms with Crippen LogP contribution < -0.4 is 5.32 Å². The van der Waals surface area contributed by atoms with E-state index in [4.69, 9.17) is 0 Å². The van der Waals surface area contributed by atoms with Crippen LogP contribution in [0.2, 0.25) is 0 Å². The number of carbonyl (C=O) groups is 1. The summed E-state index contributed by atoms with van der Waals surface area (Å²) in [6.45, 7) is 5.89. The van der Waals surface area contributed by atoms with Crippen LogP contribution in [0.15, 0.2) is 48.7 Å². The van der Waals surface area contributed by atoms with Crippen LogP contribution >= 0.6 is 0 Å². The molecule has 126 valence electrons. The van der Waals surface area contributed by atoms with Gasteiger partial charge in [0.15, 0.2) is 0 Å². The van der Waals surface area contributed by atoms with Crippen molar-refractivity contribution in [3.05, 3.63) is 48.7 Å². The van der Waals surface area contributed by atoms with Crippen molar-refractivity contribution in [3.8, 4) is 11.3 Å². The van der Waals surface area contributed by atoms with Crippen LogP contribution in [-0.4, -0.2) is 53.0 Å². The number of carbonyl (C=O) groups excluding carboxylic acids is 1. The molecule has 2 unspecified atom stereocenters. The third-order valence-electron chi connectivity index (χ3n) is 4.92. The fraction of sp³-hybridized carbons (Fsp3) is 0.368. The Morgan fingerprint density at radius 3 is 2.62 bits per heavy atom. The fourth-order valence-corrected chi connectivity index (χ4v) is 3.06. The van der Waals surface area contributed by atoms with Crippen molar-refractivity contribution in [1.82, 2.24) is 14.8 Å². The lowest BCUT2D eigenvalue weighted by molar-refractivity contribution is 0.0796. The van der Waals surface area contributed by atoms with Crippen LogP contribution in [0.4, 0.5) is 10.5 Å². The Bertz CT molecular complexity index is 704. The van der Waals surface area contributed by atoms with Crippen LogP contribution in [0.5, 0.6) is 0 Å². The zero-order chi connectivity index (χ0) is 17.1. The van der Waals surface area contributed by atoms with Gasteiger partial charge in [-0.05, 0) is 33.0 Å². The SMILES string of the molecule is CC1C(C)N(C(=O)Nc2ccnc(-c3ccccc3)c2)CCN1C. The van der Waals surface area contributed by atoms with Crippen molar-refractivity contribution in [1.29, 1.82) is 0 Å². The van der Waals surface area contributed by atoms with Gasteiger partial charge in [0.25, 0.3) is 0 Å². The van der Waals surface area contributed by atoms with E-state index in [-0.39, 0.29) is 12.1 Å². The molecule has 5 heteroatoms. The molecule has 2 aromatic rings. The number of hydrogen-bond donors (Lipinski definition) is 1. The molecule has 3 rings (SSSR count). The Morgan fingerprint density at radius 1 is 1.12 bits per heavy atom. The number of piperazine rings is 1. The van der Waals surface area contributed by atoms with E-state index in [0.29, 0.717) is 6.04 Å². The lowest BCUT2D eigenvalue weighted by Crippen LogP contribution is -2.58. The molecule has 1 aromatic carbocycles. The molecular formula is C19H24N4O. The highest BCUT2D eigenvalue weighted by atomic mass is 16.2. The van der Waals surface area contributed by atoms with Gasteiger partial charge in [-0.3, -0.25) is 9.88 Å². The molecule has 1 saturated heterocycles. The molecule has 24 heavy (non-hydrogen) atoms. The molecule has 1 aliphatic heterocycles. The van der Waals surface area contributed by atoms with Crippen molar-refractivity contribution < 1.29 is 4.79 Å². The van der Waals surface area contributed by atoms with Gasteiger partial charge in [0, 0.05) is 42.6 Å². The predicted molar refractivity (Wildman–Crippen MR) is 97.0 cm³/mol. The number of urea groups is 1. The maximum Gasteiger partial charge on any atom is 0.322 e. The number of anilines is 1. The lowest BCUT2D eigenvalue weighted by Gasteiger charge is -2.43. The Kier molecular flexibility index (Phi) is 4.81. The quantitative estimate of drug-likeness (QED) is 0.922. The number of likely N-dealkylation sites (N-methyl/N-ethyl adjacent to an activating group) is 1. The number of nitrogens with zero attached hydrogens (tertiary/aromatic N) is 3. The predicted octanol–water partition coefficient (Wildman–Crippen LogP) is 3.30. The van der Waals surface area contributed by atoms with Crippen LogP contribution in [-0.2, 0) is 0 Å². The summed E-state index contributed by atoms with van der Waals surface area (Å²) in [6, 6.07) is 14.2. The second-order valence-electron chi connectivity index (χ2n) is 6.38. The summed E-state index contributed by atoms with van der Waals surface area (Å²) in [4.78, 5) is 21.2. The monoisotopic (exact) mass is 324 g/mol. The van der Waals surface area contributed by atoms with Gasteiger partial charge >= 0.3 is 6.03 Å². The van der Waals surface area contributed by atoms with E-state index < -0.39 is 0 Å². The van der Waals surface area contributed by atoms with Crippen LogP contribution in [0.3, 0.4) is 0 Å². The van der Waals surface area contributed by atoms with Crippen LogP contribution in [0.25, 0.3) is 11.3 Å². The largest absolute Gasteiger partial charge is 0.322 e. The molecule has 1 aliphatic rings. The molecule has 0 spiro atoms. The fourth-order valence-electron chi connectivity index (χ4n) is 3.06. The molecule has 0 saturated carbocycles. The molecule has 2 atom stereocenters. The summed E-state index contributed by atoms with van der Waals surface area (Å²) in [5, 5.41) is 3.02. The maximum absolute atomic E-state index is 12.7. The van der Waals surface area contributed by atoms with Crippen molar-refractivity contribution in [2.75, 3.05) is 25.5 Å². The zero-order valence-electron chi connectivity index (χ0n) is 14.4. The second-order valence-corrected chi connectivity index (χ2v) is 6.38. The molecule has 0 radical (unpaired) electrons. The minimum absolute atomic E-state index is 0.0485. The van der Waals surface area contributed by atoms with Gasteiger partial charge in [-0.2, -0.15) is 0 Å². The van der Waals surface area contributed by atoms with E-state index in [9.17, 15) is 4.79 Å². The van der Waals surface area contributed by atoms with Crippen molar-refractivity contribution in [3.63, 3.8) is 0 Å². The lowest BCUT2D eigenvalue weighted by atomic mass is 10.1. The topological polar surface area (TPSA) is 48.5 Å². The Morgan fingerprint density at radius 2 is 1.88 bits per heavy atom. The summed E-state index contributed by atoms with van der Waals surface area (Å²) < 4.78 is 0. The van der Waals surface area contributed by atoms with Gasteiger partial charge < -0.3 is 10.2 Å². The number of amides is 2. The molecule has 1 fully saturated rings. The Balaban J connectivity index is 1.73. The first-order valence-electron chi connectivity index (χ1n) is 8.35. The van der Waals surface area contributed by atoms with Crippen molar-refractivity contribution in [2.24, 2.45) is 0 Å². The molecule has 0 aliphatic carbocycles. The summed E-state index contributed by atoms with van der Waals surface area (Å²) in [7, 11) is 2.10. The second kappa shape index (κ2) is 7.01. The van der Waals surface area contributed by atoms with E-state index in [0.717, 1.165) is 30.0 Å². The van der Waals surface area contributed by atoms with Gasteiger partial charge in [0.05, 0.1) is 5.69 Å². The van der Waals surface area contributed by atoms with E-state index in [1.165, 1.54) is 0 Å². The number of nitrogens with one attached hydrogen (secondary N) is 1. The summed E-state index contributed by atoms with van der Waals surface area (Å²) in [5.41, 5.74) is 2.66. The summed E-state index contributed by atoms with van der Waals surface area (Å²) >= 11 is 0. The van der Waals surface area contributed by atoms with Crippen molar-refractivity contribution in [2.45, 2.75) is 25.9 Å². The first-order valence-corrected chi connectivity index (χ1v) is 8.35. The third kappa shape index (κ3) is 3.41. The minimum atomic E-state index is -0.0485. The molecule has 5 nitrogen and oxygen atoms in total. The molecular weight excluding hydrogens is 300 g/mol. The number of hydrogen-bond acceptors (Lipinski definition) is 3. The van der Waals surface area contributed by atoms with Gasteiger partial charge in [-0.1, -0.05) is 30.3 Å². The Labute approximate surface area is 143 Å². The van der Waals surface area contributed by atoms with Gasteiger partial charge in [0.2, 0.25) is 0 Å². The normalized spacial score (nSPS) is 21.5. The molecule has 1 N–H and O–H groups in total. The highest BCUT2D eigenvalue weighted by Crippen LogP contribution is 2.21. The zero-order valence-corrected chi connectivity index (χ0v) is 14.4. The van der Waals surface area contributed by atoms with Gasteiger partial charge in [-0.25, -0.2) is 4.79 Å². The van der Waals surface area contributed by atoms with Gasteiger partial charge in [0.1, 0.15) is 0 Å². The number of benzene rings is 1. The van der Waals surface area contributed by atoms with Crippen LogP contribution in [0.1, 0.15) is 13.8 Å². The average molecular weight is 324 g/mol.